The molecule has 0 fully saturated rings. The topological polar surface area (TPSA) is 76.4 Å². The van der Waals surface area contributed by atoms with Crippen LogP contribution in [0.2, 0.25) is 0 Å². The average Bonchev–Trinajstić information content (AvgIpc) is 2.37. The third kappa shape index (κ3) is 2.37. The number of carbonyl (C=O) groups excluding carboxylic acids is 1. The van der Waals surface area contributed by atoms with Crippen LogP contribution < -0.4 is 0 Å². The third-order valence-electron chi connectivity index (χ3n) is 1.99. The van der Waals surface area contributed by atoms with E-state index >= 15 is 0 Å². The van der Waals surface area contributed by atoms with E-state index in [1.807, 2.05) is 6.07 Å². The molecule has 1 aromatic rings. The minimum atomic E-state index is -3.74. The summed E-state index contributed by atoms with van der Waals surface area (Å²) in [6.45, 7) is 0. The number of rotatable bonds is 4. The molecule has 6 heteroatoms. The van der Waals surface area contributed by atoms with Gasteiger partial charge in [0.05, 0.1) is 11.6 Å². The summed E-state index contributed by atoms with van der Waals surface area (Å²) in [7, 11) is -1.45. The van der Waals surface area contributed by atoms with E-state index in [4.69, 9.17) is 5.26 Å². The van der Waals surface area contributed by atoms with Gasteiger partial charge in [-0.25, -0.2) is 0 Å². The van der Waals surface area contributed by atoms with Gasteiger partial charge in [-0.2, -0.15) is 5.26 Å². The number of carbonyl (C=O) groups is 1. The maximum Gasteiger partial charge on any atom is 0.401 e. The fourth-order valence-electron chi connectivity index (χ4n) is 1.09. The summed E-state index contributed by atoms with van der Waals surface area (Å²) in [6, 6.07) is 7.66. The zero-order valence-corrected chi connectivity index (χ0v) is 9.73. The van der Waals surface area contributed by atoms with Gasteiger partial charge in [0.25, 0.3) is 5.52 Å². The Morgan fingerprint density at radius 1 is 1.25 bits per heavy atom. The molecule has 5 nitrogen and oxygen atoms in total. The summed E-state index contributed by atoms with van der Waals surface area (Å²) in [5.41, 5.74) is -0.116. The van der Waals surface area contributed by atoms with Crippen molar-refractivity contribution in [2.45, 2.75) is 0 Å². The predicted octanol–water partition coefficient (Wildman–Crippen LogP) is 2.18. The Bertz CT molecular complexity index is 467. The minimum Gasteiger partial charge on any atom is -0.306 e. The maximum absolute atomic E-state index is 11.7. The van der Waals surface area contributed by atoms with Gasteiger partial charge in [0.15, 0.2) is 0 Å². The van der Waals surface area contributed by atoms with Crippen molar-refractivity contribution in [3.8, 4) is 6.07 Å². The van der Waals surface area contributed by atoms with E-state index in [1.54, 1.807) is 0 Å². The quantitative estimate of drug-likeness (QED) is 0.752. The van der Waals surface area contributed by atoms with Crippen molar-refractivity contribution in [3.63, 3.8) is 0 Å². The van der Waals surface area contributed by atoms with E-state index < -0.39 is 13.1 Å². The van der Waals surface area contributed by atoms with Crippen LogP contribution in [0.3, 0.4) is 0 Å². The Kier molecular flexibility index (Phi) is 3.97. The molecule has 0 bridgehead atoms. The summed E-state index contributed by atoms with van der Waals surface area (Å²) in [5.74, 6) is 0. The van der Waals surface area contributed by atoms with Gasteiger partial charge in [0.2, 0.25) is 0 Å². The van der Waals surface area contributed by atoms with Crippen molar-refractivity contribution in [2.24, 2.45) is 0 Å². The molecule has 0 radical (unpaired) electrons. The van der Waals surface area contributed by atoms with Crippen LogP contribution in [-0.2, 0) is 13.6 Å². The second kappa shape index (κ2) is 5.04. The van der Waals surface area contributed by atoms with Gasteiger partial charge in [0, 0.05) is 19.8 Å². The highest BCUT2D eigenvalue weighted by Crippen LogP contribution is 2.49. The van der Waals surface area contributed by atoms with Crippen molar-refractivity contribution in [1.29, 1.82) is 5.26 Å². The van der Waals surface area contributed by atoms with Crippen LogP contribution in [-0.4, -0.2) is 19.7 Å². The molecule has 0 saturated heterocycles. The molecule has 0 N–H and O–H groups in total. The molecule has 0 amide bonds. The van der Waals surface area contributed by atoms with Gasteiger partial charge in [0.1, 0.15) is 0 Å². The molecule has 1 rings (SSSR count). The molecular weight excluding hydrogens is 229 g/mol. The highest BCUT2D eigenvalue weighted by molar-refractivity contribution is 7.72. The second-order valence-corrected chi connectivity index (χ2v) is 4.99. The molecule has 0 heterocycles. The average molecular weight is 239 g/mol. The molecule has 0 saturated carbocycles. The fraction of sp³-hybridized carbons (Fsp3) is 0.200. The van der Waals surface area contributed by atoms with Crippen LogP contribution in [0, 0.1) is 11.3 Å². The lowest BCUT2D eigenvalue weighted by molar-refractivity contribution is 0.102. The molecule has 0 aliphatic rings. The van der Waals surface area contributed by atoms with Crippen molar-refractivity contribution >= 4 is 13.1 Å². The Labute approximate surface area is 93.1 Å². The van der Waals surface area contributed by atoms with Gasteiger partial charge in [-0.05, 0) is 24.3 Å². The lowest BCUT2D eigenvalue weighted by Gasteiger charge is -2.11. The Hall–Kier alpha value is -1.47. The van der Waals surface area contributed by atoms with Crippen LogP contribution in [0.5, 0.6) is 0 Å². The first kappa shape index (κ1) is 12.6. The van der Waals surface area contributed by atoms with Crippen molar-refractivity contribution < 1.29 is 18.4 Å². The zero-order valence-electron chi connectivity index (χ0n) is 8.84. The second-order valence-electron chi connectivity index (χ2n) is 2.86. The first-order valence-corrected chi connectivity index (χ1v) is 5.88. The number of benzene rings is 1. The number of nitrogens with zero attached hydrogens (tertiary/aromatic N) is 1. The van der Waals surface area contributed by atoms with E-state index in [2.05, 4.69) is 9.05 Å². The SMILES string of the molecule is COP(=O)(OC)C(=O)c1ccc(C#N)cc1. The lowest BCUT2D eigenvalue weighted by Crippen LogP contribution is -2.04. The number of hydrogen-bond acceptors (Lipinski definition) is 5. The molecule has 0 spiro atoms. The minimum absolute atomic E-state index is 0.186. The standard InChI is InChI=1S/C10H10NO4P/c1-14-16(13,15-2)10(12)9-5-3-8(7-11)4-6-9/h3-6H,1-2H3. The van der Waals surface area contributed by atoms with Crippen molar-refractivity contribution in [3.05, 3.63) is 35.4 Å². The van der Waals surface area contributed by atoms with Gasteiger partial charge < -0.3 is 9.05 Å². The summed E-state index contributed by atoms with van der Waals surface area (Å²) < 4.78 is 20.9. The van der Waals surface area contributed by atoms with E-state index in [9.17, 15) is 9.36 Å². The molecule has 0 unspecified atom stereocenters. The Balaban J connectivity index is 3.06. The third-order valence-corrected chi connectivity index (χ3v) is 3.71. The van der Waals surface area contributed by atoms with E-state index in [0.29, 0.717) is 5.56 Å². The summed E-state index contributed by atoms with van der Waals surface area (Å²) in [4.78, 5) is 11.7. The monoisotopic (exact) mass is 239 g/mol. The molecule has 1 aromatic carbocycles. The Morgan fingerprint density at radius 3 is 2.12 bits per heavy atom. The molecule has 0 aromatic heterocycles. The summed E-state index contributed by atoms with van der Waals surface area (Å²) >= 11 is 0. The molecular formula is C10H10NO4P. The largest absolute Gasteiger partial charge is 0.401 e. The number of hydrogen-bond donors (Lipinski definition) is 0. The molecule has 84 valence electrons. The van der Waals surface area contributed by atoms with E-state index in [1.165, 1.54) is 24.3 Å². The summed E-state index contributed by atoms with van der Waals surface area (Å²) in [6.07, 6.45) is 0. The Morgan fingerprint density at radius 2 is 1.75 bits per heavy atom. The molecule has 16 heavy (non-hydrogen) atoms. The van der Waals surface area contributed by atoms with Gasteiger partial charge in [-0.15, -0.1) is 0 Å². The first-order valence-electron chi connectivity index (χ1n) is 4.34. The molecule has 0 atom stereocenters. The van der Waals surface area contributed by atoms with Gasteiger partial charge in [-0.3, -0.25) is 9.36 Å². The molecule has 0 aliphatic carbocycles. The lowest BCUT2D eigenvalue weighted by atomic mass is 10.2. The highest BCUT2D eigenvalue weighted by atomic mass is 31.2. The molecule has 0 aliphatic heterocycles. The van der Waals surface area contributed by atoms with Crippen molar-refractivity contribution in [2.75, 3.05) is 14.2 Å². The van der Waals surface area contributed by atoms with E-state index in [-0.39, 0.29) is 5.56 Å². The first-order chi connectivity index (χ1) is 7.57. The van der Waals surface area contributed by atoms with Crippen LogP contribution in [0.25, 0.3) is 0 Å². The van der Waals surface area contributed by atoms with Gasteiger partial charge >= 0.3 is 7.60 Å². The summed E-state index contributed by atoms with van der Waals surface area (Å²) in [5, 5.41) is 8.58. The zero-order chi connectivity index (χ0) is 12.2. The van der Waals surface area contributed by atoms with Crippen LogP contribution in [0.4, 0.5) is 0 Å². The van der Waals surface area contributed by atoms with E-state index in [0.717, 1.165) is 14.2 Å². The smallest absolute Gasteiger partial charge is 0.306 e. The predicted molar refractivity (Wildman–Crippen MR) is 57.1 cm³/mol. The van der Waals surface area contributed by atoms with Crippen LogP contribution >= 0.6 is 7.60 Å². The van der Waals surface area contributed by atoms with Crippen molar-refractivity contribution in [1.82, 2.24) is 0 Å². The van der Waals surface area contributed by atoms with Gasteiger partial charge in [-0.1, -0.05) is 0 Å². The highest BCUT2D eigenvalue weighted by Gasteiger charge is 2.33. The fourth-order valence-corrected chi connectivity index (χ4v) is 2.03. The number of nitriles is 1. The maximum atomic E-state index is 11.7. The normalized spacial score (nSPS) is 10.8. The van der Waals surface area contributed by atoms with Crippen LogP contribution in [0.15, 0.2) is 24.3 Å². The van der Waals surface area contributed by atoms with Crippen LogP contribution in [0.1, 0.15) is 15.9 Å².